The normalized spacial score (nSPS) is 12.5. The number of carbonyl (C=O) groups excluding carboxylic acids is 1. The van der Waals surface area contributed by atoms with Gasteiger partial charge in [0.25, 0.3) is 5.91 Å². The van der Waals surface area contributed by atoms with Crippen molar-refractivity contribution in [2.45, 2.75) is 44.6 Å². The van der Waals surface area contributed by atoms with E-state index < -0.39 is 5.82 Å². The summed E-state index contributed by atoms with van der Waals surface area (Å²) < 4.78 is 13.6. The van der Waals surface area contributed by atoms with Crippen LogP contribution in [0, 0.1) is 5.82 Å². The van der Waals surface area contributed by atoms with Crippen LogP contribution in [-0.4, -0.2) is 36.5 Å². The van der Waals surface area contributed by atoms with Gasteiger partial charge in [-0.3, -0.25) is 4.79 Å². The Labute approximate surface area is 132 Å². The third-order valence-corrected chi connectivity index (χ3v) is 3.86. The highest BCUT2D eigenvalue weighted by molar-refractivity contribution is 7.80. The average Bonchev–Trinajstić information content (AvgIpc) is 2.46. The summed E-state index contributed by atoms with van der Waals surface area (Å²) in [4.78, 5) is 15.0. The zero-order valence-electron chi connectivity index (χ0n) is 13.0. The van der Waals surface area contributed by atoms with Crippen LogP contribution in [0.4, 0.5) is 4.39 Å². The number of amides is 1. The summed E-state index contributed by atoms with van der Waals surface area (Å²) in [5.74, 6) is -0.889. The fraction of sp³-hybridized carbons (Fsp3) is 0.562. The molecule has 0 heterocycles. The molecule has 1 unspecified atom stereocenters. The number of thiol groups is 1. The number of benzene rings is 1. The van der Waals surface area contributed by atoms with Crippen molar-refractivity contribution in [3.8, 4) is 0 Å². The summed E-state index contributed by atoms with van der Waals surface area (Å²) in [6.07, 6.45) is 1.89. The second-order valence-corrected chi connectivity index (χ2v) is 5.72. The van der Waals surface area contributed by atoms with Crippen LogP contribution < -0.4 is 5.32 Å². The van der Waals surface area contributed by atoms with Gasteiger partial charge >= 0.3 is 0 Å². The van der Waals surface area contributed by atoms with Crippen molar-refractivity contribution < 1.29 is 9.18 Å². The molecule has 0 aromatic heterocycles. The lowest BCUT2D eigenvalue weighted by atomic mass is 10.1. The maximum atomic E-state index is 13.6. The molecule has 0 aliphatic heterocycles. The highest BCUT2D eigenvalue weighted by atomic mass is 32.1. The second kappa shape index (κ2) is 9.05. The lowest BCUT2D eigenvalue weighted by Crippen LogP contribution is -2.34. The Kier molecular flexibility index (Phi) is 7.75. The maximum Gasteiger partial charge on any atom is 0.254 e. The van der Waals surface area contributed by atoms with Crippen molar-refractivity contribution in [3.05, 3.63) is 29.6 Å². The van der Waals surface area contributed by atoms with E-state index in [1.54, 1.807) is 0 Å². The van der Waals surface area contributed by atoms with Crippen molar-refractivity contribution in [2.75, 3.05) is 19.6 Å². The highest BCUT2D eigenvalue weighted by Crippen LogP contribution is 2.14. The molecular formula is C16H25FN2OS. The first kappa shape index (κ1) is 18.0. The standard InChI is InChI=1S/C16H25FN2OS/c1-4-19(5-2)10-6-7-12(3)18-16(20)14-11-13(21)8-9-15(14)17/h8-9,11-12,21H,4-7,10H2,1-3H3,(H,18,20). The second-order valence-electron chi connectivity index (χ2n) is 5.21. The zero-order valence-corrected chi connectivity index (χ0v) is 13.9. The van der Waals surface area contributed by atoms with Gasteiger partial charge in [-0.05, 0) is 57.6 Å². The summed E-state index contributed by atoms with van der Waals surface area (Å²) in [7, 11) is 0. The van der Waals surface area contributed by atoms with E-state index in [9.17, 15) is 9.18 Å². The van der Waals surface area contributed by atoms with E-state index in [4.69, 9.17) is 0 Å². The number of hydrogen-bond donors (Lipinski definition) is 2. The van der Waals surface area contributed by atoms with Crippen molar-refractivity contribution in [2.24, 2.45) is 0 Å². The van der Waals surface area contributed by atoms with Gasteiger partial charge in [0.2, 0.25) is 0 Å². The monoisotopic (exact) mass is 312 g/mol. The quantitative estimate of drug-likeness (QED) is 0.722. The third kappa shape index (κ3) is 6.06. The average molecular weight is 312 g/mol. The molecule has 0 aliphatic rings. The minimum atomic E-state index is -0.513. The van der Waals surface area contributed by atoms with Crippen LogP contribution in [0.2, 0.25) is 0 Å². The summed E-state index contributed by atoms with van der Waals surface area (Å²) in [5, 5.41) is 2.84. The predicted octanol–water partition coefficient (Wildman–Crippen LogP) is 3.35. The first-order chi connectivity index (χ1) is 9.97. The van der Waals surface area contributed by atoms with E-state index in [0.717, 1.165) is 32.5 Å². The van der Waals surface area contributed by atoms with Gasteiger partial charge in [0.1, 0.15) is 5.82 Å². The molecule has 1 aromatic carbocycles. The lowest BCUT2D eigenvalue weighted by Gasteiger charge is -2.20. The molecule has 21 heavy (non-hydrogen) atoms. The molecule has 0 bridgehead atoms. The molecule has 1 atom stereocenters. The molecule has 3 nitrogen and oxygen atoms in total. The zero-order chi connectivity index (χ0) is 15.8. The summed E-state index contributed by atoms with van der Waals surface area (Å²) >= 11 is 4.13. The van der Waals surface area contributed by atoms with Gasteiger partial charge in [-0.1, -0.05) is 13.8 Å². The minimum absolute atomic E-state index is 0.0241. The van der Waals surface area contributed by atoms with Gasteiger partial charge < -0.3 is 10.2 Å². The number of nitrogens with one attached hydrogen (secondary N) is 1. The van der Waals surface area contributed by atoms with Crippen LogP contribution in [0.5, 0.6) is 0 Å². The molecule has 1 N–H and O–H groups in total. The topological polar surface area (TPSA) is 32.3 Å². The van der Waals surface area contributed by atoms with Crippen LogP contribution >= 0.6 is 12.6 Å². The fourth-order valence-electron chi connectivity index (χ4n) is 2.22. The van der Waals surface area contributed by atoms with Gasteiger partial charge in [0, 0.05) is 10.9 Å². The van der Waals surface area contributed by atoms with Crippen LogP contribution in [0.3, 0.4) is 0 Å². The molecule has 5 heteroatoms. The summed E-state index contributed by atoms with van der Waals surface area (Å²) in [6, 6.07) is 4.28. The summed E-state index contributed by atoms with van der Waals surface area (Å²) in [5.41, 5.74) is 0.0538. The Morgan fingerprint density at radius 1 is 1.38 bits per heavy atom. The largest absolute Gasteiger partial charge is 0.349 e. The van der Waals surface area contributed by atoms with Crippen molar-refractivity contribution in [1.29, 1.82) is 0 Å². The molecule has 0 spiro atoms. The minimum Gasteiger partial charge on any atom is -0.349 e. The molecule has 0 saturated carbocycles. The Balaban J connectivity index is 2.45. The van der Waals surface area contributed by atoms with Gasteiger partial charge in [-0.2, -0.15) is 0 Å². The highest BCUT2D eigenvalue weighted by Gasteiger charge is 2.14. The first-order valence-electron chi connectivity index (χ1n) is 7.49. The Morgan fingerprint density at radius 3 is 2.67 bits per heavy atom. The third-order valence-electron chi connectivity index (χ3n) is 3.58. The van der Waals surface area contributed by atoms with Gasteiger partial charge in [0.05, 0.1) is 5.56 Å². The Bertz CT molecular complexity index is 464. The number of nitrogens with zero attached hydrogens (tertiary/aromatic N) is 1. The van der Waals surface area contributed by atoms with E-state index in [2.05, 4.69) is 36.7 Å². The Hall–Kier alpha value is -1.07. The van der Waals surface area contributed by atoms with Crippen LogP contribution in [0.25, 0.3) is 0 Å². The van der Waals surface area contributed by atoms with Crippen molar-refractivity contribution >= 4 is 18.5 Å². The van der Waals surface area contributed by atoms with E-state index >= 15 is 0 Å². The van der Waals surface area contributed by atoms with Crippen LogP contribution in [0.1, 0.15) is 44.0 Å². The van der Waals surface area contributed by atoms with Crippen molar-refractivity contribution in [1.82, 2.24) is 10.2 Å². The van der Waals surface area contributed by atoms with Gasteiger partial charge in [-0.25, -0.2) is 4.39 Å². The Morgan fingerprint density at radius 2 is 2.05 bits per heavy atom. The lowest BCUT2D eigenvalue weighted by molar-refractivity contribution is 0.0933. The SMILES string of the molecule is CCN(CC)CCCC(C)NC(=O)c1cc(S)ccc1F. The molecule has 118 valence electrons. The fourth-order valence-corrected chi connectivity index (χ4v) is 2.43. The van der Waals surface area contributed by atoms with Crippen LogP contribution in [0.15, 0.2) is 23.1 Å². The molecule has 0 saturated heterocycles. The smallest absolute Gasteiger partial charge is 0.254 e. The molecule has 0 aliphatic carbocycles. The number of rotatable bonds is 8. The molecular weight excluding hydrogens is 287 g/mol. The molecule has 0 radical (unpaired) electrons. The van der Waals surface area contributed by atoms with E-state index in [1.807, 2.05) is 6.92 Å². The van der Waals surface area contributed by atoms with E-state index in [1.165, 1.54) is 18.2 Å². The molecule has 1 amide bonds. The molecule has 0 fully saturated rings. The predicted molar refractivity (Wildman–Crippen MR) is 87.6 cm³/mol. The van der Waals surface area contributed by atoms with E-state index in [-0.39, 0.29) is 17.5 Å². The first-order valence-corrected chi connectivity index (χ1v) is 7.94. The molecule has 1 aromatic rings. The number of halogens is 1. The van der Waals surface area contributed by atoms with Gasteiger partial charge in [-0.15, -0.1) is 12.6 Å². The summed E-state index contributed by atoms with van der Waals surface area (Å²) in [6.45, 7) is 9.33. The molecule has 1 rings (SSSR count). The van der Waals surface area contributed by atoms with Crippen LogP contribution in [-0.2, 0) is 0 Å². The maximum absolute atomic E-state index is 13.6. The van der Waals surface area contributed by atoms with Gasteiger partial charge in [0.15, 0.2) is 0 Å². The van der Waals surface area contributed by atoms with E-state index in [0.29, 0.717) is 4.90 Å². The number of hydrogen-bond acceptors (Lipinski definition) is 3. The van der Waals surface area contributed by atoms with Crippen molar-refractivity contribution in [3.63, 3.8) is 0 Å². The number of carbonyl (C=O) groups is 1.